The second-order valence-corrected chi connectivity index (χ2v) is 13.0. The van der Waals surface area contributed by atoms with Crippen LogP contribution in [0, 0.1) is 0 Å². The van der Waals surface area contributed by atoms with Gasteiger partial charge in [-0.25, -0.2) is 9.97 Å². The molecule has 7 nitrogen and oxygen atoms in total. The van der Waals surface area contributed by atoms with Crippen molar-refractivity contribution in [2.75, 3.05) is 26.2 Å². The maximum atomic E-state index is 5.58. The van der Waals surface area contributed by atoms with Gasteiger partial charge in [0.25, 0.3) is 0 Å². The Hall–Kier alpha value is -3.37. The first-order chi connectivity index (χ1) is 20.6. The van der Waals surface area contributed by atoms with Gasteiger partial charge in [-0.2, -0.15) is 0 Å². The molecule has 2 atom stereocenters. The summed E-state index contributed by atoms with van der Waals surface area (Å²) in [6.45, 7) is 8.77. The molecule has 42 heavy (non-hydrogen) atoms. The van der Waals surface area contributed by atoms with Crippen LogP contribution in [0.5, 0.6) is 0 Å². The van der Waals surface area contributed by atoms with E-state index in [2.05, 4.69) is 81.2 Å². The zero-order valence-corrected chi connectivity index (χ0v) is 25.7. The van der Waals surface area contributed by atoms with E-state index in [9.17, 15) is 0 Å². The molecule has 0 aliphatic carbocycles. The van der Waals surface area contributed by atoms with E-state index in [4.69, 9.17) is 8.94 Å². The molecule has 0 saturated heterocycles. The minimum atomic E-state index is 0.396. The van der Waals surface area contributed by atoms with Gasteiger partial charge in [-0.05, 0) is 73.7 Å². The summed E-state index contributed by atoms with van der Waals surface area (Å²) in [5.41, 5.74) is 11.4. The normalized spacial score (nSPS) is 17.6. The quantitative estimate of drug-likeness (QED) is 0.208. The minimum Gasteiger partial charge on any atom is -0.469 e. The average Bonchev–Trinajstić information content (AvgIpc) is 3.82. The van der Waals surface area contributed by atoms with Crippen LogP contribution in [0.25, 0.3) is 20.4 Å². The van der Waals surface area contributed by atoms with Gasteiger partial charge in [-0.3, -0.25) is 9.80 Å². The third kappa shape index (κ3) is 5.66. The molecule has 6 heterocycles. The molecule has 6 aromatic rings. The lowest BCUT2D eigenvalue weighted by Crippen LogP contribution is -2.29. The van der Waals surface area contributed by atoms with Crippen LogP contribution in [0.15, 0.2) is 74.9 Å². The molecule has 0 fully saturated rings. The predicted molar refractivity (Wildman–Crippen MR) is 169 cm³/mol. The molecule has 0 amide bonds. The van der Waals surface area contributed by atoms with Gasteiger partial charge in [-0.1, -0.05) is 17.3 Å². The van der Waals surface area contributed by atoms with E-state index in [-0.39, 0.29) is 0 Å². The molecule has 0 bridgehead atoms. The van der Waals surface area contributed by atoms with Crippen molar-refractivity contribution in [3.8, 4) is 0 Å². The zero-order chi connectivity index (χ0) is 28.5. The maximum Gasteiger partial charge on any atom is 0.141 e. The van der Waals surface area contributed by atoms with Crippen LogP contribution < -0.4 is 0 Å². The Morgan fingerprint density at radius 2 is 1.26 bits per heavy atom. The van der Waals surface area contributed by atoms with Crippen LogP contribution in [0.2, 0.25) is 0 Å². The zero-order valence-electron chi connectivity index (χ0n) is 24.0. The summed E-state index contributed by atoms with van der Waals surface area (Å²) >= 11 is 3.40. The van der Waals surface area contributed by atoms with E-state index in [0.29, 0.717) is 12.1 Å². The number of rotatable bonds is 4. The molecule has 8 rings (SSSR count). The molecule has 216 valence electrons. The first-order valence-corrected chi connectivity index (χ1v) is 16.5. The molecule has 9 heteroatoms. The third-order valence-corrected chi connectivity index (χ3v) is 10.5. The van der Waals surface area contributed by atoms with Gasteiger partial charge >= 0.3 is 0 Å². The highest BCUT2D eigenvalue weighted by atomic mass is 32.1. The Morgan fingerprint density at radius 1 is 0.690 bits per heavy atom. The van der Waals surface area contributed by atoms with Gasteiger partial charge in [0.15, 0.2) is 0 Å². The Labute approximate surface area is 253 Å². The molecule has 0 spiro atoms. The van der Waals surface area contributed by atoms with Crippen molar-refractivity contribution >= 4 is 43.1 Å². The molecule has 0 radical (unpaired) electrons. The lowest BCUT2D eigenvalue weighted by molar-refractivity contribution is 0.216. The fourth-order valence-corrected chi connectivity index (χ4v) is 7.53. The summed E-state index contributed by atoms with van der Waals surface area (Å²) in [5, 5.41) is 3.90. The number of thiazole rings is 2. The van der Waals surface area contributed by atoms with Crippen LogP contribution in [0.1, 0.15) is 59.7 Å². The second-order valence-electron chi connectivity index (χ2n) is 11.2. The fraction of sp³-hybridized carbons (Fsp3) is 0.364. The molecule has 0 N–H and O–H groups in total. The Balaban J connectivity index is 0.000000137. The molecular formula is C33H35N5O2S2. The molecular weight excluding hydrogens is 563 g/mol. The van der Waals surface area contributed by atoms with E-state index in [1.165, 1.54) is 37.4 Å². The van der Waals surface area contributed by atoms with Crippen LogP contribution >= 0.6 is 22.7 Å². The number of aromatic nitrogens is 3. The van der Waals surface area contributed by atoms with Crippen molar-refractivity contribution in [3.05, 3.63) is 99.7 Å². The van der Waals surface area contributed by atoms with Gasteiger partial charge in [0.1, 0.15) is 11.5 Å². The number of fused-ring (bicyclic) bond motifs is 4. The van der Waals surface area contributed by atoms with Crippen molar-refractivity contribution in [1.29, 1.82) is 0 Å². The summed E-state index contributed by atoms with van der Waals surface area (Å²) in [7, 11) is 0. The molecule has 2 aromatic carbocycles. The smallest absolute Gasteiger partial charge is 0.141 e. The molecule has 2 aliphatic heterocycles. The highest BCUT2D eigenvalue weighted by Crippen LogP contribution is 2.29. The van der Waals surface area contributed by atoms with Gasteiger partial charge in [0, 0.05) is 56.7 Å². The standard InChI is InChI=1S/C17H18N2OS.C16H17N3OS/c1-12(14-2-3-17-15(10-14)18-11-21-17)19-7-4-13-6-9-20-16(13)5-8-19;1-11(12-2-3-16-14(8-12)17-10-21-16)19-6-4-13-9-18-20-15(13)5-7-19/h2-3,6,9-12H,4-5,7-8H2,1H3;2-3,8-11H,4-7H2,1H3/t12-;11-/m10/s1. The molecule has 0 saturated carbocycles. The lowest BCUT2D eigenvalue weighted by atomic mass is 10.1. The van der Waals surface area contributed by atoms with E-state index in [0.717, 1.165) is 68.7 Å². The highest BCUT2D eigenvalue weighted by molar-refractivity contribution is 7.17. The van der Waals surface area contributed by atoms with E-state index in [1.807, 2.05) is 23.5 Å². The second kappa shape index (κ2) is 12.1. The minimum absolute atomic E-state index is 0.396. The first-order valence-electron chi connectivity index (χ1n) is 14.7. The molecule has 2 aliphatic rings. The number of nitrogens with zero attached hydrogens (tertiary/aromatic N) is 5. The molecule has 4 aromatic heterocycles. The van der Waals surface area contributed by atoms with E-state index < -0.39 is 0 Å². The van der Waals surface area contributed by atoms with Crippen LogP contribution in [-0.4, -0.2) is 51.1 Å². The largest absolute Gasteiger partial charge is 0.469 e. The first kappa shape index (κ1) is 27.5. The molecule has 0 unspecified atom stereocenters. The maximum absolute atomic E-state index is 5.58. The van der Waals surface area contributed by atoms with Gasteiger partial charge in [0.05, 0.1) is 43.9 Å². The highest BCUT2D eigenvalue weighted by Gasteiger charge is 2.23. The lowest BCUT2D eigenvalue weighted by Gasteiger charge is -2.27. The Bertz CT molecular complexity index is 1610. The fourth-order valence-electron chi connectivity index (χ4n) is 6.21. The summed E-state index contributed by atoms with van der Waals surface area (Å²) < 4.78 is 13.4. The monoisotopic (exact) mass is 597 g/mol. The summed E-state index contributed by atoms with van der Waals surface area (Å²) in [6.07, 6.45) is 7.73. The van der Waals surface area contributed by atoms with Crippen LogP contribution in [0.3, 0.4) is 0 Å². The van der Waals surface area contributed by atoms with Crippen molar-refractivity contribution in [3.63, 3.8) is 0 Å². The SMILES string of the molecule is C[C@@H](c1ccc2scnc2c1)N1CCc2cnoc2CC1.C[C@H](c1ccc2scnc2c1)N1CCc2ccoc2CC1. The number of hydrogen-bond acceptors (Lipinski definition) is 9. The van der Waals surface area contributed by atoms with Gasteiger partial charge in [0.2, 0.25) is 0 Å². The summed E-state index contributed by atoms with van der Waals surface area (Å²) in [5.74, 6) is 2.22. The van der Waals surface area contributed by atoms with Crippen molar-refractivity contribution in [1.82, 2.24) is 24.9 Å². The van der Waals surface area contributed by atoms with Crippen molar-refractivity contribution in [2.24, 2.45) is 0 Å². The topological polar surface area (TPSA) is 71.4 Å². The Kier molecular flexibility index (Phi) is 7.90. The predicted octanol–water partition coefficient (Wildman–Crippen LogP) is 7.50. The van der Waals surface area contributed by atoms with E-state index >= 15 is 0 Å². The van der Waals surface area contributed by atoms with Gasteiger partial charge in [-0.15, -0.1) is 22.7 Å². The number of benzene rings is 2. The summed E-state index contributed by atoms with van der Waals surface area (Å²) in [4.78, 5) is 13.9. The van der Waals surface area contributed by atoms with Gasteiger partial charge < -0.3 is 8.94 Å². The Morgan fingerprint density at radius 3 is 1.90 bits per heavy atom. The van der Waals surface area contributed by atoms with E-state index in [1.54, 1.807) is 22.7 Å². The third-order valence-electron chi connectivity index (χ3n) is 8.93. The number of hydrogen-bond donors (Lipinski definition) is 0. The average molecular weight is 598 g/mol. The number of furan rings is 1. The van der Waals surface area contributed by atoms with Crippen LogP contribution in [0.4, 0.5) is 0 Å². The van der Waals surface area contributed by atoms with Crippen molar-refractivity contribution < 1.29 is 8.94 Å². The van der Waals surface area contributed by atoms with Crippen molar-refractivity contribution in [2.45, 2.75) is 51.6 Å². The summed E-state index contributed by atoms with van der Waals surface area (Å²) in [6, 6.07) is 16.2. The van der Waals surface area contributed by atoms with Crippen LogP contribution in [-0.2, 0) is 25.7 Å².